The van der Waals surface area contributed by atoms with Crippen LogP contribution in [0.4, 0.5) is 0 Å². The summed E-state index contributed by atoms with van der Waals surface area (Å²) in [5.74, 6) is 1.04. The Labute approximate surface area is 170 Å². The summed E-state index contributed by atoms with van der Waals surface area (Å²) in [6, 6.07) is 16.7. The van der Waals surface area contributed by atoms with E-state index in [9.17, 15) is 0 Å². The Bertz CT molecular complexity index is 801. The molecule has 0 aliphatic carbocycles. The van der Waals surface area contributed by atoms with Crippen molar-refractivity contribution in [2.45, 2.75) is 65.2 Å². The Morgan fingerprint density at radius 2 is 1.50 bits per heavy atom. The predicted octanol–water partition coefficient (Wildman–Crippen LogP) is 4.67. The molecule has 0 bridgehead atoms. The number of hydrogen-bond donors (Lipinski definition) is 0. The molecule has 2 heterocycles. The minimum atomic E-state index is 0.547. The summed E-state index contributed by atoms with van der Waals surface area (Å²) in [6.07, 6.45) is 3.37. The van der Waals surface area contributed by atoms with Crippen LogP contribution in [0.2, 0.25) is 0 Å². The molecule has 150 valence electrons. The SMILES string of the molecule is CC(C)N1CCc2cc(OCCC(C)N3CCc4ccccc4C3)ccc2C1. The largest absolute Gasteiger partial charge is 0.494 e. The van der Waals surface area contributed by atoms with E-state index in [0.717, 1.165) is 51.4 Å². The Balaban J connectivity index is 1.28. The molecule has 3 heteroatoms. The van der Waals surface area contributed by atoms with E-state index in [1.54, 1.807) is 0 Å². The summed E-state index contributed by atoms with van der Waals surface area (Å²) in [7, 11) is 0. The fourth-order valence-corrected chi connectivity index (χ4v) is 4.51. The van der Waals surface area contributed by atoms with Gasteiger partial charge in [0.15, 0.2) is 0 Å². The normalized spacial score (nSPS) is 18.6. The molecule has 0 radical (unpaired) electrons. The van der Waals surface area contributed by atoms with E-state index in [4.69, 9.17) is 4.74 Å². The molecule has 2 aliphatic heterocycles. The van der Waals surface area contributed by atoms with Gasteiger partial charge in [-0.3, -0.25) is 9.80 Å². The van der Waals surface area contributed by atoms with Gasteiger partial charge in [0.05, 0.1) is 6.61 Å². The van der Waals surface area contributed by atoms with Gasteiger partial charge < -0.3 is 4.74 Å². The van der Waals surface area contributed by atoms with E-state index in [1.165, 1.54) is 28.7 Å². The van der Waals surface area contributed by atoms with Gasteiger partial charge >= 0.3 is 0 Å². The Morgan fingerprint density at radius 3 is 2.32 bits per heavy atom. The molecule has 0 spiro atoms. The summed E-state index contributed by atoms with van der Waals surface area (Å²) < 4.78 is 6.14. The van der Waals surface area contributed by atoms with Crippen molar-refractivity contribution in [3.63, 3.8) is 0 Å². The maximum atomic E-state index is 6.14. The second-order valence-electron chi connectivity index (χ2n) is 8.72. The molecule has 0 saturated heterocycles. The Hall–Kier alpha value is -1.84. The third kappa shape index (κ3) is 4.42. The average molecular weight is 379 g/mol. The predicted molar refractivity (Wildman–Crippen MR) is 116 cm³/mol. The first kappa shape index (κ1) is 19.5. The van der Waals surface area contributed by atoms with E-state index < -0.39 is 0 Å². The molecule has 28 heavy (non-hydrogen) atoms. The average Bonchev–Trinajstić information content (AvgIpc) is 2.72. The van der Waals surface area contributed by atoms with Crippen molar-refractivity contribution in [1.82, 2.24) is 9.80 Å². The zero-order chi connectivity index (χ0) is 19.5. The van der Waals surface area contributed by atoms with Crippen LogP contribution in [0.15, 0.2) is 42.5 Å². The van der Waals surface area contributed by atoms with Crippen LogP contribution in [-0.2, 0) is 25.9 Å². The van der Waals surface area contributed by atoms with Crippen LogP contribution in [0.3, 0.4) is 0 Å². The molecule has 0 N–H and O–H groups in total. The van der Waals surface area contributed by atoms with Gasteiger partial charge in [0, 0.05) is 38.3 Å². The molecule has 2 aliphatic rings. The number of fused-ring (bicyclic) bond motifs is 2. The Morgan fingerprint density at radius 1 is 0.821 bits per heavy atom. The van der Waals surface area contributed by atoms with Crippen molar-refractivity contribution in [1.29, 1.82) is 0 Å². The fourth-order valence-electron chi connectivity index (χ4n) is 4.51. The summed E-state index contributed by atoms with van der Waals surface area (Å²) in [6.45, 7) is 12.1. The van der Waals surface area contributed by atoms with Crippen LogP contribution in [0, 0.1) is 0 Å². The van der Waals surface area contributed by atoms with Crippen molar-refractivity contribution in [3.8, 4) is 5.75 Å². The zero-order valence-corrected chi connectivity index (χ0v) is 17.7. The first-order valence-electron chi connectivity index (χ1n) is 10.9. The lowest BCUT2D eigenvalue weighted by molar-refractivity contribution is 0.160. The van der Waals surface area contributed by atoms with Crippen LogP contribution < -0.4 is 4.74 Å². The second-order valence-corrected chi connectivity index (χ2v) is 8.72. The fraction of sp³-hybridized carbons (Fsp3) is 0.520. The summed E-state index contributed by atoms with van der Waals surface area (Å²) in [4.78, 5) is 5.14. The van der Waals surface area contributed by atoms with Gasteiger partial charge in [-0.25, -0.2) is 0 Å². The third-order valence-corrected chi connectivity index (χ3v) is 6.54. The lowest BCUT2D eigenvalue weighted by Gasteiger charge is -2.34. The van der Waals surface area contributed by atoms with E-state index in [0.29, 0.717) is 12.1 Å². The van der Waals surface area contributed by atoms with Crippen molar-refractivity contribution in [2.75, 3.05) is 19.7 Å². The maximum absolute atomic E-state index is 6.14. The van der Waals surface area contributed by atoms with Gasteiger partial charge in [0.2, 0.25) is 0 Å². The molecule has 1 atom stereocenters. The minimum Gasteiger partial charge on any atom is -0.494 e. The quantitative estimate of drug-likeness (QED) is 0.726. The summed E-state index contributed by atoms with van der Waals surface area (Å²) in [5, 5.41) is 0. The molecule has 0 saturated carbocycles. The number of rotatable bonds is 6. The van der Waals surface area contributed by atoms with Crippen LogP contribution in [0.1, 0.15) is 49.4 Å². The second kappa shape index (κ2) is 8.67. The number of ether oxygens (including phenoxy) is 1. The minimum absolute atomic E-state index is 0.547. The van der Waals surface area contributed by atoms with Crippen molar-refractivity contribution in [3.05, 3.63) is 64.7 Å². The van der Waals surface area contributed by atoms with Crippen LogP contribution in [0.25, 0.3) is 0 Å². The molecular formula is C25H34N2O. The maximum Gasteiger partial charge on any atom is 0.119 e. The van der Waals surface area contributed by atoms with Gasteiger partial charge in [0.1, 0.15) is 5.75 Å². The lowest BCUT2D eigenvalue weighted by Crippen LogP contribution is -2.38. The summed E-state index contributed by atoms with van der Waals surface area (Å²) in [5.41, 5.74) is 5.95. The highest BCUT2D eigenvalue weighted by atomic mass is 16.5. The first-order valence-corrected chi connectivity index (χ1v) is 10.9. The van der Waals surface area contributed by atoms with E-state index in [2.05, 4.69) is 73.0 Å². The van der Waals surface area contributed by atoms with Crippen molar-refractivity contribution < 1.29 is 4.74 Å². The Kier molecular flexibility index (Phi) is 6.03. The number of benzene rings is 2. The monoisotopic (exact) mass is 378 g/mol. The van der Waals surface area contributed by atoms with Gasteiger partial charge in [-0.15, -0.1) is 0 Å². The van der Waals surface area contributed by atoms with E-state index in [1.807, 2.05) is 0 Å². The molecule has 0 aromatic heterocycles. The van der Waals surface area contributed by atoms with E-state index >= 15 is 0 Å². The molecule has 1 unspecified atom stereocenters. The summed E-state index contributed by atoms with van der Waals surface area (Å²) >= 11 is 0. The van der Waals surface area contributed by atoms with Gasteiger partial charge in [-0.05, 0) is 74.4 Å². The number of nitrogens with zero attached hydrogens (tertiary/aromatic N) is 2. The molecule has 3 nitrogen and oxygen atoms in total. The molecule has 0 amide bonds. The van der Waals surface area contributed by atoms with Gasteiger partial charge in [-0.2, -0.15) is 0 Å². The molecule has 4 rings (SSSR count). The smallest absolute Gasteiger partial charge is 0.119 e. The van der Waals surface area contributed by atoms with Gasteiger partial charge in [0.25, 0.3) is 0 Å². The lowest BCUT2D eigenvalue weighted by atomic mass is 9.98. The van der Waals surface area contributed by atoms with Crippen molar-refractivity contribution >= 4 is 0 Å². The molecule has 2 aromatic rings. The molecular weight excluding hydrogens is 344 g/mol. The van der Waals surface area contributed by atoms with Crippen molar-refractivity contribution in [2.24, 2.45) is 0 Å². The van der Waals surface area contributed by atoms with E-state index in [-0.39, 0.29) is 0 Å². The van der Waals surface area contributed by atoms with Crippen LogP contribution in [-0.4, -0.2) is 41.6 Å². The highest BCUT2D eigenvalue weighted by molar-refractivity contribution is 5.37. The van der Waals surface area contributed by atoms with Gasteiger partial charge in [-0.1, -0.05) is 30.3 Å². The standard InChI is InChI=1S/C25H34N2O/c1-19(2)26-13-11-22-16-25(9-8-24(22)17-26)28-15-12-20(3)27-14-10-21-6-4-5-7-23(21)18-27/h4-9,16,19-20H,10-15,17-18H2,1-3H3. The topological polar surface area (TPSA) is 15.7 Å². The molecule has 2 aromatic carbocycles. The highest BCUT2D eigenvalue weighted by Gasteiger charge is 2.21. The number of hydrogen-bond acceptors (Lipinski definition) is 3. The van der Waals surface area contributed by atoms with Crippen LogP contribution in [0.5, 0.6) is 5.75 Å². The zero-order valence-electron chi connectivity index (χ0n) is 17.7. The van der Waals surface area contributed by atoms with Crippen LogP contribution >= 0.6 is 0 Å². The first-order chi connectivity index (χ1) is 13.6. The molecule has 0 fully saturated rings. The highest BCUT2D eigenvalue weighted by Crippen LogP contribution is 2.25. The third-order valence-electron chi connectivity index (χ3n) is 6.54.